The zero-order valence-electron chi connectivity index (χ0n) is 6.17. The van der Waals surface area contributed by atoms with E-state index in [1.165, 1.54) is 0 Å². The smallest absolute Gasteiger partial charge is 0.0422 e. The highest BCUT2D eigenvalue weighted by molar-refractivity contribution is 9.10. The second-order valence-electron chi connectivity index (χ2n) is 1.94. The molecule has 60 valence electrons. The Morgan fingerprint density at radius 2 is 2.45 bits per heavy atom. The van der Waals surface area contributed by atoms with Gasteiger partial charge >= 0.3 is 0 Å². The Morgan fingerprint density at radius 1 is 1.64 bits per heavy atom. The van der Waals surface area contributed by atoms with Crippen molar-refractivity contribution in [2.24, 2.45) is 0 Å². The number of hydrogen-bond donors (Lipinski definition) is 1. The third kappa shape index (κ3) is 3.22. The van der Waals surface area contributed by atoms with E-state index in [1.54, 1.807) is 18.1 Å². The number of rotatable bonds is 3. The number of aromatic nitrogens is 1. The van der Waals surface area contributed by atoms with Gasteiger partial charge < -0.3 is 0 Å². The average Bonchev–Trinajstić information content (AvgIpc) is 2.01. The fourth-order valence-corrected chi connectivity index (χ4v) is 1.73. The van der Waals surface area contributed by atoms with Gasteiger partial charge in [0.2, 0.25) is 0 Å². The summed E-state index contributed by atoms with van der Waals surface area (Å²) < 4.78 is 4.16. The van der Waals surface area contributed by atoms with Gasteiger partial charge in [0.05, 0.1) is 0 Å². The van der Waals surface area contributed by atoms with Gasteiger partial charge in [-0.15, -0.1) is 0 Å². The molecule has 1 aromatic rings. The van der Waals surface area contributed by atoms with E-state index < -0.39 is 0 Å². The molecule has 0 aliphatic carbocycles. The van der Waals surface area contributed by atoms with E-state index in [0.29, 0.717) is 0 Å². The van der Waals surface area contributed by atoms with Crippen LogP contribution in [0.4, 0.5) is 0 Å². The summed E-state index contributed by atoms with van der Waals surface area (Å²) >= 11 is 4.94. The molecular formula is C7H9BrN2S. The summed E-state index contributed by atoms with van der Waals surface area (Å²) in [7, 11) is 0. The van der Waals surface area contributed by atoms with Crippen LogP contribution >= 0.6 is 27.9 Å². The third-order valence-electron chi connectivity index (χ3n) is 1.01. The summed E-state index contributed by atoms with van der Waals surface area (Å²) in [5, 5.41) is 0. The molecular weight excluding hydrogens is 224 g/mol. The first kappa shape index (κ1) is 9.03. The van der Waals surface area contributed by atoms with Gasteiger partial charge in [-0.1, -0.05) is 6.92 Å². The maximum atomic E-state index is 4.03. The Labute approximate surface area is 79.1 Å². The van der Waals surface area contributed by atoms with Gasteiger partial charge in [-0.25, -0.2) is 0 Å². The molecule has 11 heavy (non-hydrogen) atoms. The van der Waals surface area contributed by atoms with Gasteiger partial charge in [0.15, 0.2) is 0 Å². The van der Waals surface area contributed by atoms with Crippen LogP contribution in [0.15, 0.2) is 27.8 Å². The third-order valence-corrected chi connectivity index (χ3v) is 2.34. The van der Waals surface area contributed by atoms with Crippen LogP contribution in [0.2, 0.25) is 0 Å². The Kier molecular flexibility index (Phi) is 3.90. The quantitative estimate of drug-likeness (QED) is 0.812. The maximum absolute atomic E-state index is 4.03. The van der Waals surface area contributed by atoms with Crippen molar-refractivity contribution in [1.29, 1.82) is 0 Å². The van der Waals surface area contributed by atoms with Gasteiger partial charge in [0, 0.05) is 28.3 Å². The molecule has 0 amide bonds. The highest BCUT2D eigenvalue weighted by atomic mass is 79.9. The summed E-state index contributed by atoms with van der Waals surface area (Å²) in [6, 6.07) is 2.03. The van der Waals surface area contributed by atoms with Crippen molar-refractivity contribution in [1.82, 2.24) is 9.71 Å². The molecule has 4 heteroatoms. The monoisotopic (exact) mass is 232 g/mol. The minimum absolute atomic E-state index is 0.956. The molecule has 0 aliphatic rings. The highest BCUT2D eigenvalue weighted by Gasteiger charge is 1.92. The molecule has 0 saturated heterocycles. The first-order valence-electron chi connectivity index (χ1n) is 3.33. The number of pyridine rings is 1. The molecule has 0 aliphatic heterocycles. The van der Waals surface area contributed by atoms with E-state index in [9.17, 15) is 0 Å². The number of hydrogen-bond acceptors (Lipinski definition) is 3. The topological polar surface area (TPSA) is 24.9 Å². The molecule has 1 rings (SSSR count). The minimum atomic E-state index is 0.956. The standard InChI is InChI=1S/C7H9BrN2S/c1-2-10-11-7-3-6(8)4-9-5-7/h3-5,10H,2H2,1H3. The number of halogens is 1. The van der Waals surface area contributed by atoms with Crippen molar-refractivity contribution >= 4 is 27.9 Å². The van der Waals surface area contributed by atoms with Crippen LogP contribution in [0.3, 0.4) is 0 Å². The summed E-state index contributed by atoms with van der Waals surface area (Å²) in [6.07, 6.45) is 3.61. The van der Waals surface area contributed by atoms with Crippen LogP contribution < -0.4 is 4.72 Å². The zero-order chi connectivity index (χ0) is 8.10. The van der Waals surface area contributed by atoms with Crippen molar-refractivity contribution < 1.29 is 0 Å². The average molecular weight is 233 g/mol. The van der Waals surface area contributed by atoms with Crippen LogP contribution in [0, 0.1) is 0 Å². The lowest BCUT2D eigenvalue weighted by Crippen LogP contribution is -1.99. The Morgan fingerprint density at radius 3 is 3.09 bits per heavy atom. The van der Waals surface area contributed by atoms with Crippen molar-refractivity contribution in [2.45, 2.75) is 11.8 Å². The second kappa shape index (κ2) is 4.74. The first-order chi connectivity index (χ1) is 5.33. The van der Waals surface area contributed by atoms with E-state index in [1.807, 2.05) is 12.3 Å². The van der Waals surface area contributed by atoms with Crippen LogP contribution in [0.25, 0.3) is 0 Å². The van der Waals surface area contributed by atoms with Gasteiger partial charge in [-0.2, -0.15) is 0 Å². The predicted octanol–water partition coefficient (Wildman–Crippen LogP) is 2.46. The zero-order valence-corrected chi connectivity index (χ0v) is 8.58. The largest absolute Gasteiger partial charge is 0.262 e. The maximum Gasteiger partial charge on any atom is 0.0422 e. The fraction of sp³-hybridized carbons (Fsp3) is 0.286. The Bertz CT molecular complexity index is 229. The molecule has 0 unspecified atom stereocenters. The van der Waals surface area contributed by atoms with Gasteiger partial charge in [-0.3, -0.25) is 9.71 Å². The minimum Gasteiger partial charge on any atom is -0.262 e. The van der Waals surface area contributed by atoms with Crippen molar-refractivity contribution in [3.63, 3.8) is 0 Å². The number of nitrogens with one attached hydrogen (secondary N) is 1. The van der Waals surface area contributed by atoms with Crippen molar-refractivity contribution in [2.75, 3.05) is 6.54 Å². The highest BCUT2D eigenvalue weighted by Crippen LogP contribution is 2.17. The van der Waals surface area contributed by atoms with Gasteiger partial charge in [0.1, 0.15) is 0 Å². The molecule has 1 aromatic heterocycles. The summed E-state index contributed by atoms with van der Waals surface area (Å²) in [5.41, 5.74) is 0. The molecule has 0 atom stereocenters. The van der Waals surface area contributed by atoms with E-state index in [-0.39, 0.29) is 0 Å². The first-order valence-corrected chi connectivity index (χ1v) is 4.94. The summed E-state index contributed by atoms with van der Waals surface area (Å²) in [5.74, 6) is 0. The molecule has 1 N–H and O–H groups in total. The van der Waals surface area contributed by atoms with Crippen LogP contribution in [0.5, 0.6) is 0 Å². The summed E-state index contributed by atoms with van der Waals surface area (Å²) in [4.78, 5) is 5.16. The normalized spacial score (nSPS) is 10.0. The lowest BCUT2D eigenvalue weighted by atomic mass is 10.5. The fourth-order valence-electron chi connectivity index (χ4n) is 0.604. The van der Waals surface area contributed by atoms with E-state index >= 15 is 0 Å². The van der Waals surface area contributed by atoms with E-state index in [4.69, 9.17) is 0 Å². The Hall–Kier alpha value is -0.0600. The van der Waals surface area contributed by atoms with Crippen LogP contribution in [0.1, 0.15) is 6.92 Å². The van der Waals surface area contributed by atoms with E-state index in [2.05, 4.69) is 32.6 Å². The van der Waals surface area contributed by atoms with Gasteiger partial charge in [-0.05, 0) is 33.9 Å². The lowest BCUT2D eigenvalue weighted by Gasteiger charge is -1.99. The van der Waals surface area contributed by atoms with Gasteiger partial charge in [0.25, 0.3) is 0 Å². The molecule has 0 aromatic carbocycles. The van der Waals surface area contributed by atoms with E-state index in [0.717, 1.165) is 15.9 Å². The molecule has 0 bridgehead atoms. The predicted molar refractivity (Wildman–Crippen MR) is 51.5 cm³/mol. The molecule has 0 radical (unpaired) electrons. The lowest BCUT2D eigenvalue weighted by molar-refractivity contribution is 1.03. The van der Waals surface area contributed by atoms with Crippen molar-refractivity contribution in [3.8, 4) is 0 Å². The van der Waals surface area contributed by atoms with Crippen LogP contribution in [-0.2, 0) is 0 Å². The number of nitrogens with zero attached hydrogens (tertiary/aromatic N) is 1. The Balaban J connectivity index is 2.56. The van der Waals surface area contributed by atoms with Crippen LogP contribution in [-0.4, -0.2) is 11.5 Å². The van der Waals surface area contributed by atoms with Crippen molar-refractivity contribution in [3.05, 3.63) is 22.9 Å². The SMILES string of the molecule is CCNSc1cncc(Br)c1. The molecule has 2 nitrogen and oxygen atoms in total. The molecule has 0 saturated carbocycles. The molecule has 1 heterocycles. The summed E-state index contributed by atoms with van der Waals surface area (Å²) in [6.45, 7) is 3.02. The molecule has 0 spiro atoms. The molecule has 0 fully saturated rings. The second-order valence-corrected chi connectivity index (χ2v) is 3.82.